The molecular weight excluding hydrogens is 364 g/mol. The quantitative estimate of drug-likeness (QED) is 0.549. The van der Waals surface area contributed by atoms with Gasteiger partial charge in [0.1, 0.15) is 17.8 Å². The van der Waals surface area contributed by atoms with Crippen LogP contribution in [0.4, 0.5) is 0 Å². The van der Waals surface area contributed by atoms with Gasteiger partial charge < -0.3 is 30.7 Å². The number of aryl methyl sites for hydroxylation is 1. The SMILES string of the molecule is Cn1cccc1C(=O)N1CCN(C(=O)CN)[C@H](C(=O)N[C@@H]2CCCNC2=O)C1. The van der Waals surface area contributed by atoms with Crippen LogP contribution in [0.3, 0.4) is 0 Å². The lowest BCUT2D eigenvalue weighted by molar-refractivity contribution is -0.143. The molecule has 28 heavy (non-hydrogen) atoms. The monoisotopic (exact) mass is 390 g/mol. The topological polar surface area (TPSA) is 130 Å². The van der Waals surface area contributed by atoms with Crippen LogP contribution in [0.5, 0.6) is 0 Å². The average molecular weight is 390 g/mol. The van der Waals surface area contributed by atoms with Crippen LogP contribution < -0.4 is 16.4 Å². The lowest BCUT2D eigenvalue weighted by Gasteiger charge is -2.41. The summed E-state index contributed by atoms with van der Waals surface area (Å²) in [6.07, 6.45) is 3.08. The highest BCUT2D eigenvalue weighted by Gasteiger charge is 2.38. The van der Waals surface area contributed by atoms with Crippen LogP contribution in [0.1, 0.15) is 23.3 Å². The molecule has 0 bridgehead atoms. The largest absolute Gasteiger partial charge is 0.354 e. The fourth-order valence-electron chi connectivity index (χ4n) is 3.63. The number of carbonyl (C=O) groups excluding carboxylic acids is 4. The van der Waals surface area contributed by atoms with Crippen LogP contribution in [0.25, 0.3) is 0 Å². The van der Waals surface area contributed by atoms with Crippen molar-refractivity contribution in [3.05, 3.63) is 24.0 Å². The number of carbonyl (C=O) groups is 4. The molecule has 2 aliphatic heterocycles. The van der Waals surface area contributed by atoms with E-state index >= 15 is 0 Å². The first-order valence-corrected chi connectivity index (χ1v) is 9.40. The van der Waals surface area contributed by atoms with Gasteiger partial charge in [-0.25, -0.2) is 0 Å². The number of piperidine rings is 1. The lowest BCUT2D eigenvalue weighted by Crippen LogP contribution is -2.64. The molecule has 2 fully saturated rings. The minimum absolute atomic E-state index is 0.0515. The predicted molar refractivity (Wildman–Crippen MR) is 100 cm³/mol. The van der Waals surface area contributed by atoms with Gasteiger partial charge in [0.25, 0.3) is 5.91 Å². The van der Waals surface area contributed by atoms with Crippen molar-refractivity contribution in [3.8, 4) is 0 Å². The highest BCUT2D eigenvalue weighted by molar-refractivity contribution is 5.96. The van der Waals surface area contributed by atoms with Gasteiger partial charge in [-0.2, -0.15) is 0 Å². The number of rotatable bonds is 4. The highest BCUT2D eigenvalue weighted by Crippen LogP contribution is 2.15. The Kier molecular flexibility index (Phi) is 5.98. The molecular formula is C18H26N6O4. The number of nitrogens with two attached hydrogens (primary N) is 1. The van der Waals surface area contributed by atoms with Crippen molar-refractivity contribution < 1.29 is 19.2 Å². The second kappa shape index (κ2) is 8.42. The Hall–Kier alpha value is -2.88. The van der Waals surface area contributed by atoms with E-state index < -0.39 is 18.0 Å². The van der Waals surface area contributed by atoms with E-state index in [1.807, 2.05) is 0 Å². The number of amides is 4. The molecule has 1 aromatic rings. The summed E-state index contributed by atoms with van der Waals surface area (Å²) in [6, 6.07) is 1.97. The molecule has 10 heteroatoms. The third-order valence-electron chi connectivity index (χ3n) is 5.23. The van der Waals surface area contributed by atoms with E-state index in [1.54, 1.807) is 34.8 Å². The number of nitrogens with zero attached hydrogens (tertiary/aromatic N) is 3. The maximum atomic E-state index is 12.9. The summed E-state index contributed by atoms with van der Waals surface area (Å²) in [6.45, 7) is 0.936. The van der Waals surface area contributed by atoms with Crippen molar-refractivity contribution >= 4 is 23.6 Å². The minimum Gasteiger partial charge on any atom is -0.354 e. The van der Waals surface area contributed by atoms with Gasteiger partial charge in [0, 0.05) is 32.9 Å². The molecule has 0 aromatic carbocycles. The number of hydrogen-bond acceptors (Lipinski definition) is 5. The molecule has 0 saturated carbocycles. The van der Waals surface area contributed by atoms with Crippen molar-refractivity contribution in [2.24, 2.45) is 12.8 Å². The number of aromatic nitrogens is 1. The van der Waals surface area contributed by atoms with Crippen LogP contribution in [-0.4, -0.2) is 82.8 Å². The van der Waals surface area contributed by atoms with Crippen molar-refractivity contribution in [1.82, 2.24) is 25.0 Å². The first-order chi connectivity index (χ1) is 13.4. The fraction of sp³-hybridized carbons (Fsp3) is 0.556. The summed E-state index contributed by atoms with van der Waals surface area (Å²) in [5, 5.41) is 5.44. The summed E-state index contributed by atoms with van der Waals surface area (Å²) < 4.78 is 1.71. The lowest BCUT2D eigenvalue weighted by atomic mass is 10.0. The van der Waals surface area contributed by atoms with Gasteiger partial charge in [-0.3, -0.25) is 19.2 Å². The molecule has 0 spiro atoms. The van der Waals surface area contributed by atoms with E-state index in [4.69, 9.17) is 5.73 Å². The third-order valence-corrected chi connectivity index (χ3v) is 5.23. The first-order valence-electron chi connectivity index (χ1n) is 9.40. The molecule has 3 heterocycles. The van der Waals surface area contributed by atoms with Gasteiger partial charge in [0.05, 0.1) is 13.1 Å². The normalized spacial score (nSPS) is 22.6. The number of hydrogen-bond donors (Lipinski definition) is 3. The van der Waals surface area contributed by atoms with E-state index in [0.717, 1.165) is 6.42 Å². The zero-order valence-electron chi connectivity index (χ0n) is 15.9. The summed E-state index contributed by atoms with van der Waals surface area (Å²) in [5.74, 6) is -1.25. The molecule has 10 nitrogen and oxygen atoms in total. The summed E-state index contributed by atoms with van der Waals surface area (Å²) in [7, 11) is 1.77. The predicted octanol–water partition coefficient (Wildman–Crippen LogP) is -1.97. The van der Waals surface area contributed by atoms with Crippen molar-refractivity contribution in [2.45, 2.75) is 24.9 Å². The standard InChI is InChI=1S/C18H26N6O4/c1-22-7-3-5-13(22)18(28)23-8-9-24(15(25)10-19)14(11-23)17(27)21-12-4-2-6-20-16(12)26/h3,5,7,12,14H,2,4,6,8-11,19H2,1H3,(H,20,26)(H,21,27)/t12-,14+/m1/s1. The Morgan fingerprint density at radius 2 is 2.11 bits per heavy atom. The Bertz CT molecular complexity index is 776. The van der Waals surface area contributed by atoms with Crippen LogP contribution >= 0.6 is 0 Å². The maximum Gasteiger partial charge on any atom is 0.270 e. The van der Waals surface area contributed by atoms with Crippen molar-refractivity contribution in [3.63, 3.8) is 0 Å². The first kappa shape index (κ1) is 19.9. The minimum atomic E-state index is -0.885. The van der Waals surface area contributed by atoms with Crippen LogP contribution in [0.15, 0.2) is 18.3 Å². The molecule has 0 aliphatic carbocycles. The van der Waals surface area contributed by atoms with Gasteiger partial charge >= 0.3 is 0 Å². The Balaban J connectivity index is 1.75. The van der Waals surface area contributed by atoms with E-state index in [9.17, 15) is 19.2 Å². The molecule has 4 N–H and O–H groups in total. The Morgan fingerprint density at radius 1 is 1.32 bits per heavy atom. The molecule has 1 aromatic heterocycles. The van der Waals surface area contributed by atoms with Gasteiger partial charge in [0.15, 0.2) is 0 Å². The highest BCUT2D eigenvalue weighted by atomic mass is 16.2. The summed E-state index contributed by atoms with van der Waals surface area (Å²) in [5.41, 5.74) is 6.00. The van der Waals surface area contributed by atoms with E-state index in [1.165, 1.54) is 4.90 Å². The summed E-state index contributed by atoms with van der Waals surface area (Å²) >= 11 is 0. The smallest absolute Gasteiger partial charge is 0.270 e. The zero-order chi connectivity index (χ0) is 20.3. The molecule has 2 atom stereocenters. The maximum absolute atomic E-state index is 12.9. The zero-order valence-corrected chi connectivity index (χ0v) is 15.9. The van der Waals surface area contributed by atoms with E-state index in [-0.39, 0.29) is 37.4 Å². The van der Waals surface area contributed by atoms with E-state index in [0.29, 0.717) is 25.2 Å². The van der Waals surface area contributed by atoms with E-state index in [2.05, 4.69) is 10.6 Å². The second-order valence-electron chi connectivity index (χ2n) is 7.06. The van der Waals surface area contributed by atoms with Crippen molar-refractivity contribution in [2.75, 3.05) is 32.7 Å². The fourth-order valence-corrected chi connectivity index (χ4v) is 3.63. The second-order valence-corrected chi connectivity index (χ2v) is 7.06. The average Bonchev–Trinajstić information content (AvgIpc) is 3.14. The number of nitrogens with one attached hydrogen (secondary N) is 2. The van der Waals surface area contributed by atoms with Crippen LogP contribution in [-0.2, 0) is 21.4 Å². The van der Waals surface area contributed by atoms with Gasteiger partial charge in [0.2, 0.25) is 17.7 Å². The van der Waals surface area contributed by atoms with Gasteiger partial charge in [-0.1, -0.05) is 0 Å². The molecule has 0 radical (unpaired) electrons. The van der Waals surface area contributed by atoms with Crippen LogP contribution in [0.2, 0.25) is 0 Å². The van der Waals surface area contributed by atoms with Gasteiger partial charge in [-0.15, -0.1) is 0 Å². The Labute approximate surface area is 163 Å². The third kappa shape index (κ3) is 4.01. The molecule has 0 unspecified atom stereocenters. The summed E-state index contributed by atoms with van der Waals surface area (Å²) in [4.78, 5) is 52.9. The Morgan fingerprint density at radius 3 is 2.75 bits per heavy atom. The molecule has 3 rings (SSSR count). The molecule has 4 amide bonds. The molecule has 2 saturated heterocycles. The van der Waals surface area contributed by atoms with Gasteiger partial charge in [-0.05, 0) is 25.0 Å². The van der Waals surface area contributed by atoms with Crippen molar-refractivity contribution in [1.29, 1.82) is 0 Å². The molecule has 2 aliphatic rings. The molecule has 152 valence electrons. The number of piperazine rings is 1. The van der Waals surface area contributed by atoms with Crippen LogP contribution in [0, 0.1) is 0 Å².